The number of rotatable bonds is 2. The van der Waals surface area contributed by atoms with Crippen LogP contribution in [-0.4, -0.2) is 17.6 Å². The summed E-state index contributed by atoms with van der Waals surface area (Å²) in [6.07, 6.45) is 3.98. The Morgan fingerprint density at radius 2 is 1.55 bits per heavy atom. The second-order valence-electron chi connectivity index (χ2n) is 7.81. The molecular weight excluding hydrogens is 274 g/mol. The molecule has 4 heteroatoms. The third-order valence-corrected chi connectivity index (χ3v) is 3.73. The first-order chi connectivity index (χ1) is 10.1. The van der Waals surface area contributed by atoms with Crippen molar-refractivity contribution in [2.24, 2.45) is 5.10 Å². The lowest BCUT2D eigenvalue weighted by Crippen LogP contribution is -2.19. The Bertz CT molecular complexity index is 581. The molecular formula is C18H27N3O. The van der Waals surface area contributed by atoms with Gasteiger partial charge in [-0.3, -0.25) is 5.43 Å². The molecule has 1 aliphatic rings. The molecule has 0 bridgehead atoms. The molecule has 0 saturated carbocycles. The maximum Gasteiger partial charge on any atom is 0.147 e. The molecule has 22 heavy (non-hydrogen) atoms. The highest BCUT2D eigenvalue weighted by molar-refractivity contribution is 5.97. The van der Waals surface area contributed by atoms with Gasteiger partial charge in [-0.1, -0.05) is 47.6 Å². The molecule has 0 atom stereocenters. The summed E-state index contributed by atoms with van der Waals surface area (Å²) in [6.45, 7) is 13.4. The highest BCUT2D eigenvalue weighted by Crippen LogP contribution is 2.39. The van der Waals surface area contributed by atoms with Gasteiger partial charge in [-0.25, -0.2) is 0 Å². The van der Waals surface area contributed by atoms with Gasteiger partial charge in [0.05, 0.1) is 0 Å². The molecule has 1 aromatic carbocycles. The number of hydrazone groups is 1. The van der Waals surface area contributed by atoms with Gasteiger partial charge in [0.1, 0.15) is 18.3 Å². The van der Waals surface area contributed by atoms with Gasteiger partial charge in [0.2, 0.25) is 0 Å². The summed E-state index contributed by atoms with van der Waals surface area (Å²) in [7, 11) is 0. The van der Waals surface area contributed by atoms with Crippen LogP contribution >= 0.6 is 0 Å². The van der Waals surface area contributed by atoms with Gasteiger partial charge in [-0.2, -0.15) is 5.10 Å². The van der Waals surface area contributed by atoms with Gasteiger partial charge in [-0.15, -0.1) is 0 Å². The summed E-state index contributed by atoms with van der Waals surface area (Å²) >= 11 is 0. The van der Waals surface area contributed by atoms with Gasteiger partial charge in [-0.05, 0) is 34.6 Å². The molecule has 0 radical (unpaired) electrons. The maximum atomic E-state index is 10.7. The Balaban J connectivity index is 2.50. The van der Waals surface area contributed by atoms with Crippen LogP contribution in [0.1, 0.15) is 58.2 Å². The van der Waals surface area contributed by atoms with E-state index in [1.165, 1.54) is 0 Å². The summed E-state index contributed by atoms with van der Waals surface area (Å²) in [5.41, 5.74) is 5.67. The lowest BCUT2D eigenvalue weighted by molar-refractivity contribution is 0.423. The van der Waals surface area contributed by atoms with E-state index in [0.717, 1.165) is 22.5 Å². The molecule has 1 aliphatic heterocycles. The molecule has 0 aliphatic carbocycles. The number of nitrogens with zero attached hydrogens (tertiary/aromatic N) is 1. The fourth-order valence-corrected chi connectivity index (χ4v) is 2.46. The number of phenols is 1. The van der Waals surface area contributed by atoms with Crippen LogP contribution in [0.25, 0.3) is 6.08 Å². The van der Waals surface area contributed by atoms with Crippen molar-refractivity contribution in [3.8, 4) is 5.75 Å². The van der Waals surface area contributed by atoms with Crippen molar-refractivity contribution < 1.29 is 5.11 Å². The van der Waals surface area contributed by atoms with Gasteiger partial charge in [0.15, 0.2) is 0 Å². The molecule has 0 saturated heterocycles. The number of hydrogen-bond donors (Lipinski definition) is 3. The zero-order valence-corrected chi connectivity index (χ0v) is 14.4. The van der Waals surface area contributed by atoms with Crippen LogP contribution < -0.4 is 10.7 Å². The van der Waals surface area contributed by atoms with E-state index in [9.17, 15) is 5.11 Å². The Labute approximate surface area is 133 Å². The van der Waals surface area contributed by atoms with Crippen molar-refractivity contribution in [3.05, 3.63) is 34.9 Å². The monoisotopic (exact) mass is 301 g/mol. The predicted molar refractivity (Wildman–Crippen MR) is 93.1 cm³/mol. The first-order valence-electron chi connectivity index (χ1n) is 7.69. The van der Waals surface area contributed by atoms with Crippen LogP contribution in [0.2, 0.25) is 0 Å². The standard InChI is InChI=1S/C18H27N3O/c1-17(2,3)13-9-12(7-8-15-19-11-20-21-15)10-14(16(13)22)18(4,5)6/h7-10,20,22H,11H2,1-6H3,(H,19,21). The Hall–Kier alpha value is -1.97. The van der Waals surface area contributed by atoms with Gasteiger partial charge in [0, 0.05) is 11.1 Å². The topological polar surface area (TPSA) is 56.7 Å². The minimum atomic E-state index is -0.112. The average molecular weight is 301 g/mol. The maximum absolute atomic E-state index is 10.7. The number of aromatic hydroxyl groups is 1. The summed E-state index contributed by atoms with van der Waals surface area (Å²) in [4.78, 5) is 0. The van der Waals surface area contributed by atoms with Crippen LogP contribution in [0.15, 0.2) is 23.3 Å². The number of amidine groups is 1. The number of nitrogens with one attached hydrogen (secondary N) is 2. The van der Waals surface area contributed by atoms with Crippen LogP contribution in [0.5, 0.6) is 5.75 Å². The SMILES string of the molecule is CC(C)(C)c1cc(C=CC2=NNCN2)cc(C(C)(C)C)c1O. The number of hydrogen-bond acceptors (Lipinski definition) is 4. The van der Waals surface area contributed by atoms with Crippen LogP contribution in [0.3, 0.4) is 0 Å². The summed E-state index contributed by atoms with van der Waals surface area (Å²) in [5.74, 6) is 1.23. The number of phenolic OH excluding ortho intramolecular Hbond substituents is 1. The molecule has 0 spiro atoms. The third kappa shape index (κ3) is 3.62. The minimum Gasteiger partial charge on any atom is -0.507 e. The van der Waals surface area contributed by atoms with Crippen LogP contribution in [-0.2, 0) is 10.8 Å². The quantitative estimate of drug-likeness (QED) is 0.784. The molecule has 0 unspecified atom stereocenters. The second kappa shape index (κ2) is 5.67. The molecule has 0 aromatic heterocycles. The van der Waals surface area contributed by atoms with Gasteiger partial charge in [0.25, 0.3) is 0 Å². The summed E-state index contributed by atoms with van der Waals surface area (Å²) in [6, 6.07) is 4.12. The molecule has 2 rings (SSSR count). The summed E-state index contributed by atoms with van der Waals surface area (Å²) < 4.78 is 0. The molecule has 0 amide bonds. The first-order valence-corrected chi connectivity index (χ1v) is 7.69. The highest BCUT2D eigenvalue weighted by Gasteiger charge is 2.26. The fourth-order valence-electron chi connectivity index (χ4n) is 2.46. The van der Waals surface area contributed by atoms with Crippen LogP contribution in [0, 0.1) is 0 Å². The van der Waals surface area contributed by atoms with E-state index in [0.29, 0.717) is 12.4 Å². The molecule has 1 aromatic rings. The van der Waals surface area contributed by atoms with E-state index in [1.54, 1.807) is 0 Å². The van der Waals surface area contributed by atoms with Crippen LogP contribution in [0.4, 0.5) is 0 Å². The first kappa shape index (κ1) is 16.4. The van der Waals surface area contributed by atoms with Crippen molar-refractivity contribution >= 4 is 11.9 Å². The average Bonchev–Trinajstić information content (AvgIpc) is 2.87. The van der Waals surface area contributed by atoms with Crippen molar-refractivity contribution in [1.29, 1.82) is 0 Å². The van der Waals surface area contributed by atoms with E-state index in [4.69, 9.17) is 0 Å². The van der Waals surface area contributed by atoms with Gasteiger partial charge >= 0.3 is 0 Å². The molecule has 0 fully saturated rings. The van der Waals surface area contributed by atoms with Gasteiger partial charge < -0.3 is 10.4 Å². The lowest BCUT2D eigenvalue weighted by Gasteiger charge is -2.27. The number of benzene rings is 1. The van der Waals surface area contributed by atoms with E-state index in [-0.39, 0.29) is 10.8 Å². The lowest BCUT2D eigenvalue weighted by atomic mass is 9.78. The molecule has 1 heterocycles. The normalized spacial score (nSPS) is 15.6. The Morgan fingerprint density at radius 1 is 1.00 bits per heavy atom. The largest absolute Gasteiger partial charge is 0.507 e. The Morgan fingerprint density at radius 3 is 1.95 bits per heavy atom. The fraction of sp³-hybridized carbons (Fsp3) is 0.500. The Kier molecular flexibility index (Phi) is 4.23. The van der Waals surface area contributed by atoms with Crippen molar-refractivity contribution in [1.82, 2.24) is 10.7 Å². The van der Waals surface area contributed by atoms with E-state index in [1.807, 2.05) is 12.2 Å². The van der Waals surface area contributed by atoms with Crippen molar-refractivity contribution in [3.63, 3.8) is 0 Å². The smallest absolute Gasteiger partial charge is 0.147 e. The zero-order chi connectivity index (χ0) is 16.5. The summed E-state index contributed by atoms with van der Waals surface area (Å²) in [5, 5.41) is 18.0. The zero-order valence-electron chi connectivity index (χ0n) is 14.4. The highest BCUT2D eigenvalue weighted by atomic mass is 16.3. The minimum absolute atomic E-state index is 0.112. The molecule has 3 N–H and O–H groups in total. The van der Waals surface area contributed by atoms with E-state index >= 15 is 0 Å². The van der Waals surface area contributed by atoms with Crippen molar-refractivity contribution in [2.75, 3.05) is 6.67 Å². The molecule has 120 valence electrons. The second-order valence-corrected chi connectivity index (χ2v) is 7.81. The predicted octanol–water partition coefficient (Wildman–Crippen LogP) is 3.46. The third-order valence-electron chi connectivity index (χ3n) is 3.73. The van der Waals surface area contributed by atoms with Crippen molar-refractivity contribution in [2.45, 2.75) is 52.4 Å². The molecule has 4 nitrogen and oxygen atoms in total. The van der Waals surface area contributed by atoms with E-state index < -0.39 is 0 Å². The van der Waals surface area contributed by atoms with E-state index in [2.05, 4.69) is 69.5 Å².